The molecule has 1 aromatic heterocycles. The first-order valence-electron chi connectivity index (χ1n) is 5.13. The van der Waals surface area contributed by atoms with E-state index >= 15 is 0 Å². The second-order valence-corrected chi connectivity index (χ2v) is 4.02. The topological polar surface area (TPSA) is 12.9 Å². The van der Waals surface area contributed by atoms with Crippen molar-refractivity contribution in [2.24, 2.45) is 0 Å². The maximum absolute atomic E-state index is 4.44. The number of hydrogen-bond acceptors (Lipinski definition) is 2. The Bertz CT molecular complexity index is 390. The van der Waals surface area contributed by atoms with E-state index in [0.717, 1.165) is 0 Å². The van der Waals surface area contributed by atoms with Crippen LogP contribution in [0.4, 0.5) is 0 Å². The first kappa shape index (κ1) is 11.2. The molecule has 2 aromatic rings. The fourth-order valence-corrected chi connectivity index (χ4v) is 2.24. The summed E-state index contributed by atoms with van der Waals surface area (Å²) in [5.41, 5.74) is 1.23. The van der Waals surface area contributed by atoms with E-state index in [2.05, 4.69) is 42.5 Å². The van der Waals surface area contributed by atoms with Crippen molar-refractivity contribution in [1.82, 2.24) is 4.37 Å². The van der Waals surface area contributed by atoms with Crippen LogP contribution in [0.15, 0.2) is 24.3 Å². The minimum absolute atomic E-state index is 0.529. The van der Waals surface area contributed by atoms with Gasteiger partial charge in [0.25, 0.3) is 0 Å². The molecule has 0 saturated heterocycles. The summed E-state index contributed by atoms with van der Waals surface area (Å²) >= 11 is 1.59. The van der Waals surface area contributed by atoms with E-state index in [1.807, 2.05) is 13.8 Å². The highest BCUT2D eigenvalue weighted by molar-refractivity contribution is 7.13. The van der Waals surface area contributed by atoms with Crippen LogP contribution in [0, 0.1) is 0 Å². The van der Waals surface area contributed by atoms with Gasteiger partial charge in [0.05, 0.1) is 10.4 Å². The summed E-state index contributed by atoms with van der Waals surface area (Å²) in [5.74, 6) is 0.529. The largest absolute Gasteiger partial charge is 0.196 e. The Kier molecular flexibility index (Phi) is 4.08. The molecule has 0 N–H and O–H groups in total. The molecule has 0 bridgehead atoms. The van der Waals surface area contributed by atoms with Crippen molar-refractivity contribution >= 4 is 21.6 Å². The molecule has 1 heterocycles. The predicted molar refractivity (Wildman–Crippen MR) is 65.1 cm³/mol. The van der Waals surface area contributed by atoms with Gasteiger partial charge < -0.3 is 0 Å². The van der Waals surface area contributed by atoms with E-state index < -0.39 is 0 Å². The van der Waals surface area contributed by atoms with Gasteiger partial charge in [-0.1, -0.05) is 45.9 Å². The van der Waals surface area contributed by atoms with E-state index in [4.69, 9.17) is 0 Å². The van der Waals surface area contributed by atoms with Crippen LogP contribution >= 0.6 is 11.5 Å². The van der Waals surface area contributed by atoms with E-state index in [-0.39, 0.29) is 0 Å². The molecule has 1 aromatic carbocycles. The van der Waals surface area contributed by atoms with Gasteiger partial charge in [-0.15, -0.1) is 0 Å². The van der Waals surface area contributed by atoms with Crippen LogP contribution in [0.25, 0.3) is 10.1 Å². The maximum Gasteiger partial charge on any atom is 0.0646 e. The van der Waals surface area contributed by atoms with Crippen LogP contribution in [-0.4, -0.2) is 4.37 Å². The lowest BCUT2D eigenvalue weighted by Crippen LogP contribution is -1.85. The van der Waals surface area contributed by atoms with Crippen molar-refractivity contribution in [2.45, 2.75) is 33.6 Å². The zero-order valence-electron chi connectivity index (χ0n) is 9.24. The van der Waals surface area contributed by atoms with Crippen molar-refractivity contribution in [1.29, 1.82) is 0 Å². The van der Waals surface area contributed by atoms with Crippen molar-refractivity contribution in [3.63, 3.8) is 0 Å². The zero-order chi connectivity index (χ0) is 10.6. The van der Waals surface area contributed by atoms with Crippen molar-refractivity contribution in [2.75, 3.05) is 0 Å². The van der Waals surface area contributed by atoms with Crippen LogP contribution < -0.4 is 0 Å². The summed E-state index contributed by atoms with van der Waals surface area (Å²) in [4.78, 5) is 0. The van der Waals surface area contributed by atoms with Gasteiger partial charge >= 0.3 is 0 Å². The Morgan fingerprint density at radius 3 is 2.43 bits per heavy atom. The van der Waals surface area contributed by atoms with Crippen LogP contribution in [0.2, 0.25) is 0 Å². The molecule has 0 unspecified atom stereocenters. The van der Waals surface area contributed by atoms with Gasteiger partial charge in [0.1, 0.15) is 0 Å². The first-order valence-corrected chi connectivity index (χ1v) is 5.90. The summed E-state index contributed by atoms with van der Waals surface area (Å²) in [6.07, 6.45) is 0. The van der Waals surface area contributed by atoms with Crippen molar-refractivity contribution in [3.05, 3.63) is 30.0 Å². The van der Waals surface area contributed by atoms with Gasteiger partial charge in [-0.3, -0.25) is 0 Å². The van der Waals surface area contributed by atoms with Crippen LogP contribution in [-0.2, 0) is 0 Å². The van der Waals surface area contributed by atoms with Crippen molar-refractivity contribution < 1.29 is 0 Å². The second kappa shape index (κ2) is 5.11. The normalized spacial score (nSPS) is 10.1. The Morgan fingerprint density at radius 1 is 1.14 bits per heavy atom. The molecule has 14 heavy (non-hydrogen) atoms. The Labute approximate surface area is 89.9 Å². The molecular formula is C12H17NS. The number of rotatable bonds is 1. The molecule has 0 spiro atoms. The molecule has 0 amide bonds. The summed E-state index contributed by atoms with van der Waals surface area (Å²) in [5, 5.41) is 1.32. The van der Waals surface area contributed by atoms with E-state index in [9.17, 15) is 0 Å². The molecule has 76 valence electrons. The first-order chi connectivity index (χ1) is 6.79. The molecule has 0 saturated carbocycles. The average molecular weight is 207 g/mol. The standard InChI is InChI=1S/C10H11NS.C2H6/c1-7(2)10-8-5-3-4-6-9(8)12-11-10;1-2/h3-7H,1-2H3;1-2H3. The molecular weight excluding hydrogens is 190 g/mol. The number of benzene rings is 1. The third-order valence-electron chi connectivity index (χ3n) is 1.95. The summed E-state index contributed by atoms with van der Waals surface area (Å²) in [7, 11) is 0. The van der Waals surface area contributed by atoms with Gasteiger partial charge in [-0.25, -0.2) is 0 Å². The molecule has 0 aliphatic heterocycles. The molecule has 0 radical (unpaired) electrons. The maximum atomic E-state index is 4.44. The quantitative estimate of drug-likeness (QED) is 0.673. The molecule has 1 nitrogen and oxygen atoms in total. The van der Waals surface area contributed by atoms with Gasteiger partial charge in [0, 0.05) is 5.39 Å². The van der Waals surface area contributed by atoms with Crippen LogP contribution in [0.3, 0.4) is 0 Å². The minimum Gasteiger partial charge on any atom is -0.196 e. The smallest absolute Gasteiger partial charge is 0.0646 e. The molecule has 0 aliphatic carbocycles. The van der Waals surface area contributed by atoms with Gasteiger partial charge in [-0.05, 0) is 23.5 Å². The number of nitrogens with zero attached hydrogens (tertiary/aromatic N) is 1. The summed E-state index contributed by atoms with van der Waals surface area (Å²) in [6.45, 7) is 8.36. The summed E-state index contributed by atoms with van der Waals surface area (Å²) in [6, 6.07) is 8.40. The highest BCUT2D eigenvalue weighted by Gasteiger charge is 2.07. The van der Waals surface area contributed by atoms with Crippen LogP contribution in [0.5, 0.6) is 0 Å². The number of hydrogen-bond donors (Lipinski definition) is 0. The van der Waals surface area contributed by atoms with E-state index in [1.165, 1.54) is 15.8 Å². The second-order valence-electron chi connectivity index (χ2n) is 3.22. The van der Waals surface area contributed by atoms with Gasteiger partial charge in [0.2, 0.25) is 0 Å². The van der Waals surface area contributed by atoms with Crippen LogP contribution in [0.1, 0.15) is 39.3 Å². The Balaban J connectivity index is 0.000000461. The zero-order valence-corrected chi connectivity index (χ0v) is 10.1. The third-order valence-corrected chi connectivity index (χ3v) is 2.79. The highest BCUT2D eigenvalue weighted by Crippen LogP contribution is 2.27. The third kappa shape index (κ3) is 2.13. The van der Waals surface area contributed by atoms with Crippen molar-refractivity contribution in [3.8, 4) is 0 Å². The predicted octanol–water partition coefficient (Wildman–Crippen LogP) is 4.45. The minimum atomic E-state index is 0.529. The number of aromatic nitrogens is 1. The SMILES string of the molecule is CC.CC(C)c1nsc2ccccc12. The fraction of sp³-hybridized carbons (Fsp3) is 0.417. The van der Waals surface area contributed by atoms with Gasteiger partial charge in [0.15, 0.2) is 0 Å². The summed E-state index contributed by atoms with van der Waals surface area (Å²) < 4.78 is 5.73. The fourth-order valence-electron chi connectivity index (χ4n) is 1.32. The van der Waals surface area contributed by atoms with E-state index in [1.54, 1.807) is 11.5 Å². The lowest BCUT2D eigenvalue weighted by molar-refractivity contribution is 0.850. The Hall–Kier alpha value is -0.890. The Morgan fingerprint density at radius 2 is 1.79 bits per heavy atom. The van der Waals surface area contributed by atoms with Gasteiger partial charge in [-0.2, -0.15) is 4.37 Å². The molecule has 2 heteroatoms. The molecule has 0 aliphatic rings. The lowest BCUT2D eigenvalue weighted by atomic mass is 10.1. The highest BCUT2D eigenvalue weighted by atomic mass is 32.1. The monoisotopic (exact) mass is 207 g/mol. The average Bonchev–Trinajstić information content (AvgIpc) is 2.64. The van der Waals surface area contributed by atoms with E-state index in [0.29, 0.717) is 5.92 Å². The molecule has 2 rings (SSSR count). The molecule has 0 atom stereocenters. The lowest BCUT2D eigenvalue weighted by Gasteiger charge is -1.98. The number of fused-ring (bicyclic) bond motifs is 1. The molecule has 0 fully saturated rings.